The molecule has 2 N–H and O–H groups in total. The average Bonchev–Trinajstić information content (AvgIpc) is 3.31. The number of hydrogen-bond acceptors (Lipinski definition) is 7. The van der Waals surface area contributed by atoms with Gasteiger partial charge in [0.2, 0.25) is 0 Å². The van der Waals surface area contributed by atoms with Crippen LogP contribution >= 0.6 is 11.8 Å². The molecular formula is C21H13N7OS. The molecule has 0 bridgehead atoms. The Kier molecular flexibility index (Phi) is 5.37. The summed E-state index contributed by atoms with van der Waals surface area (Å²) in [4.78, 5) is 15.3. The zero-order valence-electron chi connectivity index (χ0n) is 15.5. The van der Waals surface area contributed by atoms with Crippen LogP contribution in [0.15, 0.2) is 64.4 Å². The van der Waals surface area contributed by atoms with Gasteiger partial charge in [-0.2, -0.15) is 15.7 Å². The van der Waals surface area contributed by atoms with E-state index in [2.05, 4.69) is 31.7 Å². The quantitative estimate of drug-likeness (QED) is 0.481. The minimum atomic E-state index is -0.551. The van der Waals surface area contributed by atoms with Gasteiger partial charge in [-0.1, -0.05) is 71.6 Å². The third-order valence-electron chi connectivity index (χ3n) is 4.42. The number of nitrogens with one attached hydrogen (secondary N) is 2. The van der Waals surface area contributed by atoms with Crippen molar-refractivity contribution in [3.63, 3.8) is 0 Å². The van der Waals surface area contributed by atoms with E-state index in [9.17, 15) is 15.3 Å². The van der Waals surface area contributed by atoms with Gasteiger partial charge in [-0.3, -0.25) is 4.79 Å². The molecule has 0 saturated carbocycles. The number of pyridine rings is 1. The van der Waals surface area contributed by atoms with Crippen molar-refractivity contribution in [2.75, 3.05) is 0 Å². The van der Waals surface area contributed by atoms with E-state index in [1.165, 1.54) is 11.8 Å². The van der Waals surface area contributed by atoms with Crippen LogP contribution in [-0.4, -0.2) is 25.6 Å². The fourth-order valence-electron chi connectivity index (χ4n) is 3.12. The molecule has 0 fully saturated rings. The van der Waals surface area contributed by atoms with E-state index in [4.69, 9.17) is 0 Å². The van der Waals surface area contributed by atoms with Gasteiger partial charge < -0.3 is 4.98 Å². The Hall–Kier alpha value is -4.21. The van der Waals surface area contributed by atoms with Gasteiger partial charge in [-0.05, 0) is 16.7 Å². The third-order valence-corrected chi connectivity index (χ3v) is 5.42. The van der Waals surface area contributed by atoms with Crippen molar-refractivity contribution in [3.8, 4) is 34.4 Å². The summed E-state index contributed by atoms with van der Waals surface area (Å²) in [6, 6.07) is 21.2. The second kappa shape index (κ2) is 8.43. The Labute approximate surface area is 175 Å². The van der Waals surface area contributed by atoms with Crippen molar-refractivity contribution in [2.24, 2.45) is 0 Å². The van der Waals surface area contributed by atoms with Gasteiger partial charge in [0, 0.05) is 5.56 Å². The highest BCUT2D eigenvalue weighted by molar-refractivity contribution is 7.98. The number of aromatic nitrogens is 5. The fourth-order valence-corrected chi connectivity index (χ4v) is 3.97. The van der Waals surface area contributed by atoms with Crippen molar-refractivity contribution < 1.29 is 0 Å². The molecule has 0 radical (unpaired) electrons. The van der Waals surface area contributed by atoms with Crippen molar-refractivity contribution >= 4 is 11.8 Å². The maximum atomic E-state index is 12.7. The van der Waals surface area contributed by atoms with E-state index in [1.54, 1.807) is 0 Å². The summed E-state index contributed by atoms with van der Waals surface area (Å²) in [6.45, 7) is 0. The van der Waals surface area contributed by atoms with Crippen LogP contribution in [0.4, 0.5) is 0 Å². The van der Waals surface area contributed by atoms with Crippen LogP contribution in [0.25, 0.3) is 22.3 Å². The third kappa shape index (κ3) is 3.58. The minimum Gasteiger partial charge on any atom is -0.315 e. The van der Waals surface area contributed by atoms with E-state index in [0.29, 0.717) is 27.7 Å². The molecule has 9 heteroatoms. The van der Waals surface area contributed by atoms with Gasteiger partial charge in [0.05, 0.1) is 16.3 Å². The van der Waals surface area contributed by atoms with Gasteiger partial charge in [-0.25, -0.2) is 0 Å². The van der Waals surface area contributed by atoms with Crippen LogP contribution in [0.2, 0.25) is 0 Å². The summed E-state index contributed by atoms with van der Waals surface area (Å²) in [7, 11) is 0. The molecule has 30 heavy (non-hydrogen) atoms. The lowest BCUT2D eigenvalue weighted by atomic mass is 9.90. The molecule has 4 rings (SSSR count). The molecule has 0 aliphatic carbocycles. The SMILES string of the molecule is N#Cc1c(SCc2nn[nH]n2)[nH]c(=O)c(C#N)c1-c1ccccc1-c1ccccc1. The second-order valence-electron chi connectivity index (χ2n) is 6.16. The Morgan fingerprint density at radius 1 is 0.933 bits per heavy atom. The summed E-state index contributed by atoms with van der Waals surface area (Å²) >= 11 is 1.20. The molecule has 0 saturated heterocycles. The van der Waals surface area contributed by atoms with E-state index in [0.717, 1.165) is 11.1 Å². The molecule has 2 aromatic carbocycles. The summed E-state index contributed by atoms with van der Waals surface area (Å²) in [6.07, 6.45) is 0. The molecule has 2 heterocycles. The molecule has 8 nitrogen and oxygen atoms in total. The average molecular weight is 411 g/mol. The second-order valence-corrected chi connectivity index (χ2v) is 7.15. The molecular weight excluding hydrogens is 398 g/mol. The number of tetrazole rings is 1. The standard InChI is InChI=1S/C21H13N7OS/c22-10-16-19(15-9-5-4-8-14(15)13-6-2-1-3-7-13)17(11-23)21(24-20(16)29)30-12-18-25-27-28-26-18/h1-9H,12H2,(H,24,29)(H,25,26,27,28). The normalized spacial score (nSPS) is 10.3. The summed E-state index contributed by atoms with van der Waals surface area (Å²) in [5.41, 5.74) is 2.28. The molecule has 0 aliphatic rings. The van der Waals surface area contributed by atoms with Crippen LogP contribution in [0, 0.1) is 22.7 Å². The number of nitriles is 2. The number of thioether (sulfide) groups is 1. The maximum Gasteiger partial charge on any atom is 0.267 e. The van der Waals surface area contributed by atoms with Gasteiger partial charge in [-0.15, -0.1) is 10.2 Å². The molecule has 144 valence electrons. The fraction of sp³-hybridized carbons (Fsp3) is 0.0476. The van der Waals surface area contributed by atoms with Crippen molar-refractivity contribution in [1.82, 2.24) is 25.6 Å². The minimum absolute atomic E-state index is 0.0983. The molecule has 4 aromatic rings. The maximum absolute atomic E-state index is 12.7. The predicted octanol–water partition coefficient (Wildman–Crippen LogP) is 3.26. The van der Waals surface area contributed by atoms with Gasteiger partial charge in [0.25, 0.3) is 5.56 Å². The highest BCUT2D eigenvalue weighted by Gasteiger charge is 2.22. The van der Waals surface area contributed by atoms with Crippen LogP contribution in [0.1, 0.15) is 17.0 Å². The zero-order chi connectivity index (χ0) is 20.9. The highest BCUT2D eigenvalue weighted by atomic mass is 32.2. The first-order valence-corrected chi connectivity index (χ1v) is 9.82. The zero-order valence-corrected chi connectivity index (χ0v) is 16.3. The molecule has 0 spiro atoms. The van der Waals surface area contributed by atoms with Gasteiger partial charge in [0.1, 0.15) is 17.7 Å². The number of aromatic amines is 2. The van der Waals surface area contributed by atoms with Gasteiger partial charge >= 0.3 is 0 Å². The lowest BCUT2D eigenvalue weighted by Crippen LogP contribution is -2.15. The first-order chi connectivity index (χ1) is 14.7. The predicted molar refractivity (Wildman–Crippen MR) is 111 cm³/mol. The number of nitrogens with zero attached hydrogens (tertiary/aromatic N) is 5. The Morgan fingerprint density at radius 2 is 1.63 bits per heavy atom. The van der Waals surface area contributed by atoms with Crippen LogP contribution in [-0.2, 0) is 5.75 Å². The largest absolute Gasteiger partial charge is 0.315 e. The molecule has 2 aromatic heterocycles. The Balaban J connectivity index is 1.93. The number of hydrogen-bond donors (Lipinski definition) is 2. The number of rotatable bonds is 5. The molecule has 0 amide bonds. The van der Waals surface area contributed by atoms with Crippen LogP contribution in [0.5, 0.6) is 0 Å². The number of benzene rings is 2. The van der Waals surface area contributed by atoms with Crippen molar-refractivity contribution in [2.45, 2.75) is 10.8 Å². The van der Waals surface area contributed by atoms with E-state index in [1.807, 2.05) is 60.7 Å². The Bertz CT molecular complexity index is 1330. The highest BCUT2D eigenvalue weighted by Crippen LogP contribution is 2.37. The number of H-pyrrole nitrogens is 2. The van der Waals surface area contributed by atoms with Crippen LogP contribution < -0.4 is 5.56 Å². The summed E-state index contributed by atoms with van der Waals surface area (Å²) in [5.74, 6) is 0.729. The molecule has 0 atom stereocenters. The summed E-state index contributed by atoms with van der Waals surface area (Å²) < 4.78 is 0. The van der Waals surface area contributed by atoms with Crippen LogP contribution in [0.3, 0.4) is 0 Å². The van der Waals surface area contributed by atoms with Gasteiger partial charge in [0.15, 0.2) is 5.82 Å². The molecule has 0 aliphatic heterocycles. The monoisotopic (exact) mass is 411 g/mol. The Morgan fingerprint density at radius 3 is 2.30 bits per heavy atom. The smallest absolute Gasteiger partial charge is 0.267 e. The van der Waals surface area contributed by atoms with E-state index in [-0.39, 0.29) is 11.1 Å². The van der Waals surface area contributed by atoms with E-state index >= 15 is 0 Å². The summed E-state index contributed by atoms with van der Waals surface area (Å²) in [5, 5.41) is 33.6. The van der Waals surface area contributed by atoms with E-state index < -0.39 is 5.56 Å². The van der Waals surface area contributed by atoms with Crippen molar-refractivity contribution in [1.29, 1.82) is 10.5 Å². The lowest BCUT2D eigenvalue weighted by molar-refractivity contribution is 0.881. The molecule has 0 unspecified atom stereocenters. The lowest BCUT2D eigenvalue weighted by Gasteiger charge is -2.14. The topological polar surface area (TPSA) is 135 Å². The van der Waals surface area contributed by atoms with Crippen molar-refractivity contribution in [3.05, 3.63) is 81.9 Å². The first kappa shape index (κ1) is 19.1. The first-order valence-electron chi connectivity index (χ1n) is 8.83.